The molecule has 0 atom stereocenters. The van der Waals surface area contributed by atoms with Crippen LogP contribution in [0.1, 0.15) is 35.8 Å². The smallest absolute Gasteiger partial charge is 0.272 e. The van der Waals surface area contributed by atoms with Crippen LogP contribution in [0.5, 0.6) is 0 Å². The Kier molecular flexibility index (Phi) is 5.80. The number of benzene rings is 1. The molecule has 7 heteroatoms. The van der Waals surface area contributed by atoms with Crippen molar-refractivity contribution in [1.29, 1.82) is 0 Å². The lowest BCUT2D eigenvalue weighted by molar-refractivity contribution is 0.101. The first-order valence-corrected chi connectivity index (χ1v) is 9.36. The van der Waals surface area contributed by atoms with E-state index in [9.17, 15) is 13.2 Å². The normalized spacial score (nSPS) is 11.5. The van der Waals surface area contributed by atoms with Gasteiger partial charge >= 0.3 is 0 Å². The third kappa shape index (κ3) is 4.24. The quantitative estimate of drug-likeness (QED) is 0.806. The van der Waals surface area contributed by atoms with Crippen molar-refractivity contribution in [2.24, 2.45) is 7.05 Å². The molecule has 2 rings (SSSR count). The zero-order valence-electron chi connectivity index (χ0n) is 14.2. The molecule has 2 aromatic rings. The molecule has 0 saturated heterocycles. The minimum absolute atomic E-state index is 0.0626. The summed E-state index contributed by atoms with van der Waals surface area (Å²) in [5.41, 5.74) is 2.19. The number of aryl methyl sites for hydroxylation is 2. The highest BCUT2D eigenvalue weighted by Gasteiger charge is 2.19. The van der Waals surface area contributed by atoms with Gasteiger partial charge in [-0.25, -0.2) is 13.1 Å². The van der Waals surface area contributed by atoms with Crippen molar-refractivity contribution < 1.29 is 13.2 Å². The van der Waals surface area contributed by atoms with E-state index in [1.54, 1.807) is 7.05 Å². The molecule has 0 unspecified atom stereocenters. The van der Waals surface area contributed by atoms with Gasteiger partial charge in [-0.1, -0.05) is 25.5 Å². The van der Waals surface area contributed by atoms with Gasteiger partial charge in [0, 0.05) is 18.9 Å². The molecular weight excluding hydrogens is 326 g/mol. The zero-order valence-corrected chi connectivity index (χ0v) is 15.0. The van der Waals surface area contributed by atoms with Crippen LogP contribution in [-0.2, 0) is 23.5 Å². The lowest BCUT2D eigenvalue weighted by Gasteiger charge is -2.07. The minimum atomic E-state index is -3.57. The lowest BCUT2D eigenvalue weighted by atomic mass is 10.1. The molecular formula is C17H23N3O3S. The zero-order chi connectivity index (χ0) is 17.7. The van der Waals surface area contributed by atoms with Gasteiger partial charge in [0.25, 0.3) is 5.91 Å². The standard InChI is InChI=1S/C17H23N3O3S/c1-4-5-6-13-7-9-14(10-8-13)19-17(21)16-11-15(12-20(16)3)24(22,23)18-2/h7-12,18H,4-6H2,1-3H3,(H,19,21). The second kappa shape index (κ2) is 7.63. The number of unbranched alkanes of at least 4 members (excludes halogenated alkanes) is 1. The predicted molar refractivity (Wildman–Crippen MR) is 94.7 cm³/mol. The van der Waals surface area contributed by atoms with Crippen LogP contribution >= 0.6 is 0 Å². The Bertz CT molecular complexity index is 808. The van der Waals surface area contributed by atoms with Gasteiger partial charge < -0.3 is 9.88 Å². The third-order valence-corrected chi connectivity index (χ3v) is 5.20. The fourth-order valence-electron chi connectivity index (χ4n) is 2.36. The highest BCUT2D eigenvalue weighted by atomic mass is 32.2. The number of carbonyl (C=O) groups is 1. The van der Waals surface area contributed by atoms with Gasteiger partial charge in [0.05, 0.1) is 0 Å². The molecule has 130 valence electrons. The minimum Gasteiger partial charge on any atom is -0.345 e. The average molecular weight is 349 g/mol. The molecule has 2 N–H and O–H groups in total. The van der Waals surface area contributed by atoms with Gasteiger partial charge in [-0.05, 0) is 43.7 Å². The number of hydrogen-bond acceptors (Lipinski definition) is 3. The first-order chi connectivity index (χ1) is 11.4. The largest absolute Gasteiger partial charge is 0.345 e. The molecule has 6 nitrogen and oxygen atoms in total. The van der Waals surface area contributed by atoms with Crippen molar-refractivity contribution in [1.82, 2.24) is 9.29 Å². The number of amides is 1. The van der Waals surface area contributed by atoms with E-state index in [1.165, 1.54) is 29.4 Å². The summed E-state index contributed by atoms with van der Waals surface area (Å²) in [4.78, 5) is 12.4. The molecule has 1 heterocycles. The highest BCUT2D eigenvalue weighted by Crippen LogP contribution is 2.16. The van der Waals surface area contributed by atoms with E-state index in [1.807, 2.05) is 24.3 Å². The maximum absolute atomic E-state index is 12.4. The average Bonchev–Trinajstić information content (AvgIpc) is 2.97. The van der Waals surface area contributed by atoms with Crippen molar-refractivity contribution in [3.63, 3.8) is 0 Å². The summed E-state index contributed by atoms with van der Waals surface area (Å²) >= 11 is 0. The van der Waals surface area contributed by atoms with E-state index < -0.39 is 10.0 Å². The van der Waals surface area contributed by atoms with E-state index in [0.29, 0.717) is 5.69 Å². The van der Waals surface area contributed by atoms with E-state index in [4.69, 9.17) is 0 Å². The number of nitrogens with one attached hydrogen (secondary N) is 2. The monoisotopic (exact) mass is 349 g/mol. The second-order valence-corrected chi connectivity index (χ2v) is 7.52. The van der Waals surface area contributed by atoms with Gasteiger partial charge in [0.2, 0.25) is 10.0 Å². The molecule has 1 amide bonds. The number of sulfonamides is 1. The first-order valence-electron chi connectivity index (χ1n) is 7.87. The number of anilines is 1. The van der Waals surface area contributed by atoms with Gasteiger partial charge in [0.1, 0.15) is 10.6 Å². The first kappa shape index (κ1) is 18.2. The SMILES string of the molecule is CCCCc1ccc(NC(=O)c2cc(S(=O)(=O)NC)cn2C)cc1. The van der Waals surface area contributed by atoms with Crippen molar-refractivity contribution in [3.8, 4) is 0 Å². The topological polar surface area (TPSA) is 80.2 Å². The number of aromatic nitrogens is 1. The van der Waals surface area contributed by atoms with Crippen LogP contribution in [0.15, 0.2) is 41.4 Å². The highest BCUT2D eigenvalue weighted by molar-refractivity contribution is 7.89. The van der Waals surface area contributed by atoms with Crippen LogP contribution in [0, 0.1) is 0 Å². The Morgan fingerprint density at radius 3 is 2.46 bits per heavy atom. The molecule has 1 aromatic carbocycles. The van der Waals surface area contributed by atoms with Crippen molar-refractivity contribution in [2.45, 2.75) is 31.1 Å². The molecule has 0 saturated carbocycles. The van der Waals surface area contributed by atoms with Gasteiger partial charge in [-0.3, -0.25) is 4.79 Å². The van der Waals surface area contributed by atoms with Gasteiger partial charge in [-0.2, -0.15) is 0 Å². The van der Waals surface area contributed by atoms with Crippen LogP contribution in [0.2, 0.25) is 0 Å². The number of hydrogen-bond donors (Lipinski definition) is 2. The summed E-state index contributed by atoms with van der Waals surface area (Å²) < 4.78 is 27.4. The molecule has 0 aliphatic rings. The molecule has 0 radical (unpaired) electrons. The Morgan fingerprint density at radius 1 is 1.21 bits per heavy atom. The molecule has 24 heavy (non-hydrogen) atoms. The van der Waals surface area contributed by atoms with Crippen LogP contribution in [0.25, 0.3) is 0 Å². The summed E-state index contributed by atoms with van der Waals surface area (Å²) in [7, 11) is -0.600. The summed E-state index contributed by atoms with van der Waals surface area (Å²) in [5.74, 6) is -0.351. The number of rotatable bonds is 7. The number of carbonyl (C=O) groups excluding carboxylic acids is 1. The van der Waals surface area contributed by atoms with Crippen LogP contribution in [-0.4, -0.2) is 25.9 Å². The fourth-order valence-corrected chi connectivity index (χ4v) is 3.15. The lowest BCUT2D eigenvalue weighted by Crippen LogP contribution is -2.18. The summed E-state index contributed by atoms with van der Waals surface area (Å²) in [6, 6.07) is 9.06. The molecule has 0 bridgehead atoms. The Hall–Kier alpha value is -2.12. The third-order valence-electron chi connectivity index (χ3n) is 3.82. The molecule has 0 aliphatic carbocycles. The van der Waals surface area contributed by atoms with Crippen LogP contribution in [0.3, 0.4) is 0 Å². The molecule has 1 aromatic heterocycles. The predicted octanol–water partition coefficient (Wildman–Crippen LogP) is 2.53. The van der Waals surface area contributed by atoms with E-state index in [0.717, 1.165) is 19.3 Å². The maximum Gasteiger partial charge on any atom is 0.272 e. The summed E-state index contributed by atoms with van der Waals surface area (Å²) in [5, 5.41) is 2.79. The second-order valence-electron chi connectivity index (χ2n) is 5.63. The Morgan fingerprint density at radius 2 is 1.88 bits per heavy atom. The molecule has 0 spiro atoms. The maximum atomic E-state index is 12.4. The van der Waals surface area contributed by atoms with E-state index in [-0.39, 0.29) is 16.5 Å². The van der Waals surface area contributed by atoms with Crippen LogP contribution < -0.4 is 10.0 Å². The van der Waals surface area contributed by atoms with Crippen molar-refractivity contribution in [3.05, 3.63) is 47.8 Å². The van der Waals surface area contributed by atoms with Gasteiger partial charge in [-0.15, -0.1) is 0 Å². The van der Waals surface area contributed by atoms with E-state index >= 15 is 0 Å². The summed E-state index contributed by atoms with van der Waals surface area (Å²) in [6.45, 7) is 2.15. The van der Waals surface area contributed by atoms with Crippen LogP contribution in [0.4, 0.5) is 5.69 Å². The van der Waals surface area contributed by atoms with Gasteiger partial charge in [0.15, 0.2) is 0 Å². The summed E-state index contributed by atoms with van der Waals surface area (Å²) in [6.07, 6.45) is 4.71. The molecule has 0 fully saturated rings. The fraction of sp³-hybridized carbons (Fsp3) is 0.353. The van der Waals surface area contributed by atoms with Crippen molar-refractivity contribution in [2.75, 3.05) is 12.4 Å². The number of nitrogens with zero attached hydrogens (tertiary/aromatic N) is 1. The Balaban J connectivity index is 2.13. The van der Waals surface area contributed by atoms with Crippen molar-refractivity contribution >= 4 is 21.6 Å². The molecule has 0 aliphatic heterocycles. The van der Waals surface area contributed by atoms with E-state index in [2.05, 4.69) is 17.0 Å². The Labute approximate surface area is 142 Å².